The number of amides is 1. The number of aromatic nitrogens is 5. The van der Waals surface area contributed by atoms with Crippen molar-refractivity contribution < 1.29 is 4.79 Å². The summed E-state index contributed by atoms with van der Waals surface area (Å²) in [6, 6.07) is 14.0. The molecule has 0 saturated heterocycles. The summed E-state index contributed by atoms with van der Waals surface area (Å²) in [5.41, 5.74) is 6.45. The fraction of sp³-hybridized carbons (Fsp3) is 0.158. The predicted octanol–water partition coefficient (Wildman–Crippen LogP) is 3.29. The maximum atomic E-state index is 11.5. The highest BCUT2D eigenvalue weighted by molar-refractivity contribution is 5.90. The molecule has 0 aliphatic rings. The average Bonchev–Trinajstić information content (AvgIpc) is 3.18. The van der Waals surface area contributed by atoms with Crippen LogP contribution in [0.5, 0.6) is 0 Å². The van der Waals surface area contributed by atoms with Gasteiger partial charge in [-0.3, -0.25) is 10.1 Å². The summed E-state index contributed by atoms with van der Waals surface area (Å²) in [6.07, 6.45) is 0. The molecule has 7 heteroatoms. The molecule has 0 spiro atoms. The summed E-state index contributed by atoms with van der Waals surface area (Å²) < 4.78 is 1.73. The first-order chi connectivity index (χ1) is 12.5. The van der Waals surface area contributed by atoms with Gasteiger partial charge in [0.2, 0.25) is 11.9 Å². The number of H-pyrrole nitrogens is 1. The Hall–Kier alpha value is -3.48. The molecule has 130 valence electrons. The fourth-order valence-electron chi connectivity index (χ4n) is 3.00. The number of hydrogen-bond acceptors (Lipinski definition) is 4. The van der Waals surface area contributed by atoms with Crippen LogP contribution in [0.15, 0.2) is 42.5 Å². The van der Waals surface area contributed by atoms with Crippen molar-refractivity contribution in [1.29, 1.82) is 0 Å². The fourth-order valence-corrected chi connectivity index (χ4v) is 3.00. The van der Waals surface area contributed by atoms with Crippen LogP contribution in [0.4, 0.5) is 5.95 Å². The lowest BCUT2D eigenvalue weighted by molar-refractivity contribution is -0.114. The van der Waals surface area contributed by atoms with Gasteiger partial charge in [-0.1, -0.05) is 35.0 Å². The number of nitrogens with zero attached hydrogens (tertiary/aromatic N) is 4. The second-order valence-corrected chi connectivity index (χ2v) is 6.28. The Morgan fingerprint density at radius 1 is 1.15 bits per heavy atom. The van der Waals surface area contributed by atoms with E-state index in [1.165, 1.54) is 6.92 Å². The summed E-state index contributed by atoms with van der Waals surface area (Å²) in [7, 11) is 1.86. The van der Waals surface area contributed by atoms with Gasteiger partial charge < -0.3 is 4.98 Å². The number of imidazole rings is 1. The molecule has 0 fully saturated rings. The van der Waals surface area contributed by atoms with E-state index in [1.807, 2.05) is 50.4 Å². The molecule has 7 nitrogen and oxygen atoms in total. The van der Waals surface area contributed by atoms with Crippen molar-refractivity contribution in [3.8, 4) is 22.5 Å². The third-order valence-electron chi connectivity index (χ3n) is 4.19. The van der Waals surface area contributed by atoms with Crippen LogP contribution < -0.4 is 5.32 Å². The van der Waals surface area contributed by atoms with Crippen LogP contribution in [0.3, 0.4) is 0 Å². The monoisotopic (exact) mass is 346 g/mol. The molecule has 4 rings (SSSR count). The van der Waals surface area contributed by atoms with E-state index in [1.54, 1.807) is 4.68 Å². The quantitative estimate of drug-likeness (QED) is 0.596. The van der Waals surface area contributed by atoms with Crippen molar-refractivity contribution in [2.24, 2.45) is 7.05 Å². The standard InChI is InChI=1S/C19H18N6O/c1-11-5-4-6-13(9-11)17-18(22-19(21-17)20-12(2)26)14-7-8-15-16(10-14)25(3)24-23-15/h4-10H,1-3H3,(H2,20,21,22,26). The van der Waals surface area contributed by atoms with Gasteiger partial charge in [0.05, 0.1) is 16.9 Å². The summed E-state index contributed by atoms with van der Waals surface area (Å²) in [6.45, 7) is 3.50. The third-order valence-corrected chi connectivity index (χ3v) is 4.19. The number of anilines is 1. The zero-order chi connectivity index (χ0) is 18.3. The predicted molar refractivity (Wildman–Crippen MR) is 101 cm³/mol. The molecule has 0 atom stereocenters. The van der Waals surface area contributed by atoms with Crippen molar-refractivity contribution in [3.05, 3.63) is 48.0 Å². The third kappa shape index (κ3) is 2.83. The van der Waals surface area contributed by atoms with E-state index in [2.05, 4.69) is 31.7 Å². The van der Waals surface area contributed by atoms with Crippen molar-refractivity contribution in [2.45, 2.75) is 13.8 Å². The molecular weight excluding hydrogens is 328 g/mol. The molecule has 26 heavy (non-hydrogen) atoms. The summed E-state index contributed by atoms with van der Waals surface area (Å²) >= 11 is 0. The minimum absolute atomic E-state index is 0.174. The molecule has 1 amide bonds. The van der Waals surface area contributed by atoms with Gasteiger partial charge in [0.25, 0.3) is 0 Å². The van der Waals surface area contributed by atoms with Gasteiger partial charge in [-0.25, -0.2) is 9.67 Å². The maximum Gasteiger partial charge on any atom is 0.223 e. The first-order valence-corrected chi connectivity index (χ1v) is 8.26. The number of rotatable bonds is 3. The second kappa shape index (κ2) is 6.11. The van der Waals surface area contributed by atoms with Crippen LogP contribution in [0.2, 0.25) is 0 Å². The number of benzene rings is 2. The minimum Gasteiger partial charge on any atom is -0.323 e. The molecule has 0 aliphatic heterocycles. The number of aromatic amines is 1. The summed E-state index contributed by atoms with van der Waals surface area (Å²) in [5, 5.41) is 10.9. The highest BCUT2D eigenvalue weighted by Crippen LogP contribution is 2.33. The Balaban J connectivity index is 1.91. The molecule has 0 saturated carbocycles. The number of carbonyl (C=O) groups is 1. The molecule has 0 aliphatic carbocycles. The van der Waals surface area contributed by atoms with Gasteiger partial charge in [0, 0.05) is 25.1 Å². The molecular formula is C19H18N6O. The molecule has 2 aromatic carbocycles. The first-order valence-electron chi connectivity index (χ1n) is 8.26. The Bertz CT molecular complexity index is 1120. The number of fused-ring (bicyclic) bond motifs is 1. The Kier molecular flexibility index (Phi) is 3.76. The minimum atomic E-state index is -0.174. The molecule has 0 radical (unpaired) electrons. The van der Waals surface area contributed by atoms with E-state index >= 15 is 0 Å². The second-order valence-electron chi connectivity index (χ2n) is 6.28. The molecule has 2 heterocycles. The van der Waals surface area contributed by atoms with E-state index in [0.29, 0.717) is 5.95 Å². The van der Waals surface area contributed by atoms with Gasteiger partial charge >= 0.3 is 0 Å². The first kappa shape index (κ1) is 16.0. The van der Waals surface area contributed by atoms with Crippen LogP contribution in [0, 0.1) is 6.92 Å². The number of aryl methyl sites for hydroxylation is 2. The molecule has 0 bridgehead atoms. The van der Waals surface area contributed by atoms with Gasteiger partial charge in [-0.05, 0) is 25.1 Å². The maximum absolute atomic E-state index is 11.5. The van der Waals surface area contributed by atoms with Crippen LogP contribution >= 0.6 is 0 Å². The lowest BCUT2D eigenvalue weighted by Crippen LogP contribution is -2.06. The van der Waals surface area contributed by atoms with Crippen molar-refractivity contribution >= 4 is 22.9 Å². The van der Waals surface area contributed by atoms with E-state index in [9.17, 15) is 4.79 Å². The number of nitrogens with one attached hydrogen (secondary N) is 2. The zero-order valence-electron chi connectivity index (χ0n) is 14.7. The lowest BCUT2D eigenvalue weighted by atomic mass is 10.0. The SMILES string of the molecule is CC(=O)Nc1nc(-c2cccc(C)c2)c(-c2ccc3nnn(C)c3c2)[nH]1. The van der Waals surface area contributed by atoms with Gasteiger partial charge in [-0.15, -0.1) is 5.10 Å². The lowest BCUT2D eigenvalue weighted by Gasteiger charge is -2.04. The topological polar surface area (TPSA) is 88.5 Å². The highest BCUT2D eigenvalue weighted by atomic mass is 16.1. The van der Waals surface area contributed by atoms with E-state index < -0.39 is 0 Å². The van der Waals surface area contributed by atoms with Crippen molar-refractivity contribution in [2.75, 3.05) is 5.32 Å². The van der Waals surface area contributed by atoms with Gasteiger partial charge in [0.15, 0.2) is 0 Å². The van der Waals surface area contributed by atoms with Gasteiger partial charge in [-0.2, -0.15) is 0 Å². The van der Waals surface area contributed by atoms with Gasteiger partial charge in [0.1, 0.15) is 5.52 Å². The molecule has 0 unspecified atom stereocenters. The van der Waals surface area contributed by atoms with E-state index in [-0.39, 0.29) is 5.91 Å². The summed E-state index contributed by atoms with van der Waals surface area (Å²) in [5.74, 6) is 0.250. The van der Waals surface area contributed by atoms with Crippen LogP contribution in [-0.4, -0.2) is 30.9 Å². The molecule has 2 aromatic heterocycles. The smallest absolute Gasteiger partial charge is 0.223 e. The number of carbonyl (C=O) groups excluding carboxylic acids is 1. The number of hydrogen-bond donors (Lipinski definition) is 2. The van der Waals surface area contributed by atoms with Crippen LogP contribution in [-0.2, 0) is 11.8 Å². The Morgan fingerprint density at radius 3 is 2.77 bits per heavy atom. The normalized spacial score (nSPS) is 11.0. The molecule has 2 N–H and O–H groups in total. The average molecular weight is 346 g/mol. The highest BCUT2D eigenvalue weighted by Gasteiger charge is 2.16. The van der Waals surface area contributed by atoms with Crippen LogP contribution in [0.25, 0.3) is 33.5 Å². The molecule has 4 aromatic rings. The van der Waals surface area contributed by atoms with Crippen molar-refractivity contribution in [3.63, 3.8) is 0 Å². The van der Waals surface area contributed by atoms with Crippen LogP contribution in [0.1, 0.15) is 12.5 Å². The van der Waals surface area contributed by atoms with E-state index in [0.717, 1.165) is 39.1 Å². The largest absolute Gasteiger partial charge is 0.323 e. The Labute approximate surface area is 150 Å². The Morgan fingerprint density at radius 2 is 2.00 bits per heavy atom. The summed E-state index contributed by atoms with van der Waals surface area (Å²) in [4.78, 5) is 19.3. The zero-order valence-corrected chi connectivity index (χ0v) is 14.7. The van der Waals surface area contributed by atoms with Crippen molar-refractivity contribution in [1.82, 2.24) is 25.0 Å². The van der Waals surface area contributed by atoms with E-state index in [4.69, 9.17) is 0 Å².